The third-order valence-electron chi connectivity index (χ3n) is 5.44. The van der Waals surface area contributed by atoms with Crippen LogP contribution in [0.4, 0.5) is 10.5 Å². The second kappa shape index (κ2) is 9.42. The van der Waals surface area contributed by atoms with E-state index in [1.165, 1.54) is 0 Å². The van der Waals surface area contributed by atoms with Crippen LogP contribution in [0.3, 0.4) is 0 Å². The Balaban J connectivity index is 1.72. The maximum absolute atomic E-state index is 13.1. The molecule has 0 spiro atoms. The summed E-state index contributed by atoms with van der Waals surface area (Å²) < 4.78 is 39.1. The number of fused-ring (bicyclic) bond motifs is 1. The summed E-state index contributed by atoms with van der Waals surface area (Å²) in [5.74, 6) is 0.184. The molecule has 35 heavy (non-hydrogen) atoms. The number of pyridine rings is 1. The van der Waals surface area contributed by atoms with Crippen molar-refractivity contribution >= 4 is 32.8 Å². The number of rotatable bonds is 6. The predicted octanol–water partition coefficient (Wildman–Crippen LogP) is 5.86. The lowest BCUT2D eigenvalue weighted by atomic mass is 9.87. The molecule has 0 unspecified atom stereocenters. The summed E-state index contributed by atoms with van der Waals surface area (Å²) in [6.07, 6.45) is 2.42. The third-order valence-corrected chi connectivity index (χ3v) is 6.84. The lowest BCUT2D eigenvalue weighted by Crippen LogP contribution is -2.14. The third kappa shape index (κ3) is 5.30. The highest BCUT2D eigenvalue weighted by Crippen LogP contribution is 2.38. The van der Waals surface area contributed by atoms with Crippen LogP contribution in [0.25, 0.3) is 22.0 Å². The molecule has 0 aliphatic heterocycles. The molecule has 4 rings (SSSR count). The molecule has 0 saturated carbocycles. The molecule has 9 heteroatoms. The fraction of sp³-hybridized carbons (Fsp3) is 0.231. The molecule has 0 atom stereocenters. The van der Waals surface area contributed by atoms with Gasteiger partial charge in [0.2, 0.25) is 5.88 Å². The first-order chi connectivity index (χ1) is 16.6. The summed E-state index contributed by atoms with van der Waals surface area (Å²) in [5.41, 5.74) is 3.24. The summed E-state index contributed by atoms with van der Waals surface area (Å²) in [4.78, 5) is 19.4. The van der Waals surface area contributed by atoms with Crippen molar-refractivity contribution in [2.24, 2.45) is 0 Å². The van der Waals surface area contributed by atoms with Crippen LogP contribution in [0.2, 0.25) is 0 Å². The van der Waals surface area contributed by atoms with Crippen LogP contribution in [-0.2, 0) is 20.2 Å². The van der Waals surface area contributed by atoms with Crippen LogP contribution in [-0.4, -0.2) is 31.1 Å². The van der Waals surface area contributed by atoms with E-state index in [4.69, 9.17) is 9.47 Å². The number of aromatic nitrogens is 2. The average Bonchev–Trinajstić information content (AvgIpc) is 3.16. The maximum Gasteiger partial charge on any atom is 0.515 e. The Morgan fingerprint density at radius 3 is 2.46 bits per heavy atom. The largest absolute Gasteiger partial charge is 0.515 e. The maximum atomic E-state index is 13.1. The minimum atomic E-state index is -3.82. The molecular weight excluding hydrogens is 466 g/mol. The number of ether oxygens (including phenoxy) is 2. The molecule has 0 amide bonds. The van der Waals surface area contributed by atoms with Gasteiger partial charge in [0, 0.05) is 34.5 Å². The number of aromatic amines is 1. The number of sulfonamides is 1. The molecule has 0 fully saturated rings. The zero-order valence-electron chi connectivity index (χ0n) is 20.0. The Morgan fingerprint density at radius 1 is 1.09 bits per heavy atom. The molecule has 2 N–H and O–H groups in total. The number of hydrogen-bond donors (Lipinski definition) is 2. The Morgan fingerprint density at radius 2 is 1.83 bits per heavy atom. The van der Waals surface area contributed by atoms with Gasteiger partial charge in [-0.25, -0.2) is 13.2 Å². The standard InChI is InChI=1S/C26H27N3O5S/c1-5-33-25(30)34-24-23(17-7-6-14-27-16-17)21-15-19(10-13-22(21)28-24)29-35(31,32)20-11-8-18(9-12-20)26(2,3)4/h6-16,28-29H,5H2,1-4H3. The minimum Gasteiger partial charge on any atom is -0.434 e. The number of H-pyrrole nitrogens is 1. The summed E-state index contributed by atoms with van der Waals surface area (Å²) >= 11 is 0. The van der Waals surface area contributed by atoms with Crippen LogP contribution in [0.5, 0.6) is 5.88 Å². The molecule has 8 nitrogen and oxygen atoms in total. The number of anilines is 1. The van der Waals surface area contributed by atoms with E-state index in [1.54, 1.807) is 55.7 Å². The van der Waals surface area contributed by atoms with Crippen LogP contribution in [0.15, 0.2) is 71.9 Å². The quantitative estimate of drug-likeness (QED) is 0.325. The number of nitrogens with one attached hydrogen (secondary N) is 2. The van der Waals surface area contributed by atoms with E-state index >= 15 is 0 Å². The summed E-state index contributed by atoms with van der Waals surface area (Å²) in [6.45, 7) is 8.06. The van der Waals surface area contributed by atoms with Gasteiger partial charge in [0.15, 0.2) is 0 Å². The van der Waals surface area contributed by atoms with Gasteiger partial charge in [0.25, 0.3) is 10.0 Å². The van der Waals surface area contributed by atoms with E-state index in [0.717, 1.165) is 5.56 Å². The highest BCUT2D eigenvalue weighted by Gasteiger charge is 2.21. The van der Waals surface area contributed by atoms with E-state index in [0.29, 0.717) is 27.7 Å². The number of carbonyl (C=O) groups is 1. The van der Waals surface area contributed by atoms with Crippen molar-refractivity contribution in [1.82, 2.24) is 9.97 Å². The van der Waals surface area contributed by atoms with E-state index in [2.05, 4.69) is 35.5 Å². The topological polar surface area (TPSA) is 110 Å². The number of hydrogen-bond acceptors (Lipinski definition) is 6. The normalized spacial score (nSPS) is 11.9. The highest BCUT2D eigenvalue weighted by atomic mass is 32.2. The fourth-order valence-corrected chi connectivity index (χ4v) is 4.73. The lowest BCUT2D eigenvalue weighted by molar-refractivity contribution is 0.103. The average molecular weight is 494 g/mol. The van der Waals surface area contributed by atoms with Crippen molar-refractivity contribution in [3.8, 4) is 17.0 Å². The van der Waals surface area contributed by atoms with Gasteiger partial charge in [0.05, 0.1) is 17.1 Å². The van der Waals surface area contributed by atoms with Gasteiger partial charge in [-0.1, -0.05) is 39.0 Å². The van der Waals surface area contributed by atoms with Gasteiger partial charge in [-0.15, -0.1) is 0 Å². The molecule has 182 valence electrons. The zero-order chi connectivity index (χ0) is 25.2. The molecule has 4 aromatic rings. The monoisotopic (exact) mass is 493 g/mol. The van der Waals surface area contributed by atoms with E-state index in [9.17, 15) is 13.2 Å². The van der Waals surface area contributed by atoms with Crippen molar-refractivity contribution < 1.29 is 22.7 Å². The molecule has 0 radical (unpaired) electrons. The Kier molecular flexibility index (Phi) is 6.53. The SMILES string of the molecule is CCOC(=O)Oc1[nH]c2ccc(NS(=O)(=O)c3ccc(C(C)(C)C)cc3)cc2c1-c1cccnc1. The Hall–Kier alpha value is -3.85. The first-order valence-corrected chi connectivity index (χ1v) is 12.6. The first kappa shape index (κ1) is 24.3. The van der Waals surface area contributed by atoms with Crippen molar-refractivity contribution in [2.75, 3.05) is 11.3 Å². The molecule has 0 aliphatic rings. The van der Waals surface area contributed by atoms with Gasteiger partial charge in [-0.05, 0) is 54.3 Å². The van der Waals surface area contributed by atoms with Crippen LogP contribution in [0.1, 0.15) is 33.3 Å². The molecule has 0 aliphatic carbocycles. The predicted molar refractivity (Wildman–Crippen MR) is 135 cm³/mol. The molecule has 2 aromatic carbocycles. The molecule has 0 saturated heterocycles. The summed E-state index contributed by atoms with van der Waals surface area (Å²) in [7, 11) is -3.82. The van der Waals surface area contributed by atoms with Crippen molar-refractivity contribution in [3.63, 3.8) is 0 Å². The second-order valence-electron chi connectivity index (χ2n) is 9.00. The Bertz CT molecular complexity index is 1450. The van der Waals surface area contributed by atoms with Gasteiger partial charge in [-0.2, -0.15) is 0 Å². The Labute approximate surface area is 204 Å². The van der Waals surface area contributed by atoms with Gasteiger partial charge in [0.1, 0.15) is 0 Å². The van der Waals surface area contributed by atoms with Crippen molar-refractivity contribution in [1.29, 1.82) is 0 Å². The van der Waals surface area contributed by atoms with E-state index in [-0.39, 0.29) is 22.8 Å². The van der Waals surface area contributed by atoms with Crippen LogP contribution >= 0.6 is 0 Å². The van der Waals surface area contributed by atoms with Gasteiger partial charge >= 0.3 is 6.16 Å². The second-order valence-corrected chi connectivity index (χ2v) is 10.7. The summed E-state index contributed by atoms with van der Waals surface area (Å²) in [6, 6.07) is 15.5. The highest BCUT2D eigenvalue weighted by molar-refractivity contribution is 7.92. The fourth-order valence-electron chi connectivity index (χ4n) is 3.68. The molecular formula is C26H27N3O5S. The summed E-state index contributed by atoms with van der Waals surface area (Å²) in [5, 5.41) is 0.653. The van der Waals surface area contributed by atoms with Crippen LogP contribution < -0.4 is 9.46 Å². The van der Waals surface area contributed by atoms with E-state index in [1.807, 2.05) is 18.2 Å². The number of carbonyl (C=O) groups excluding carboxylic acids is 1. The zero-order valence-corrected chi connectivity index (χ0v) is 20.8. The van der Waals surface area contributed by atoms with Crippen molar-refractivity contribution in [2.45, 2.75) is 38.0 Å². The first-order valence-electron chi connectivity index (χ1n) is 11.1. The molecule has 2 heterocycles. The van der Waals surface area contributed by atoms with E-state index < -0.39 is 16.2 Å². The molecule has 2 aromatic heterocycles. The molecule has 0 bridgehead atoms. The lowest BCUT2D eigenvalue weighted by Gasteiger charge is -2.19. The smallest absolute Gasteiger partial charge is 0.434 e. The van der Waals surface area contributed by atoms with Gasteiger partial charge < -0.3 is 14.5 Å². The van der Waals surface area contributed by atoms with Crippen molar-refractivity contribution in [3.05, 3.63) is 72.6 Å². The number of benzene rings is 2. The van der Waals surface area contributed by atoms with Gasteiger partial charge in [-0.3, -0.25) is 9.71 Å². The minimum absolute atomic E-state index is 0.0823. The van der Waals surface area contributed by atoms with Crippen LogP contribution in [0, 0.1) is 0 Å². The number of nitrogens with zero attached hydrogens (tertiary/aromatic N) is 1.